The highest BCUT2D eigenvalue weighted by molar-refractivity contribution is 9.10. The van der Waals surface area contributed by atoms with Crippen LogP contribution >= 0.6 is 15.9 Å². The number of benzene rings is 3. The number of nitrogens with zero attached hydrogens (tertiary/aromatic N) is 3. The second kappa shape index (κ2) is 7.74. The summed E-state index contributed by atoms with van der Waals surface area (Å²) < 4.78 is 29.0. The van der Waals surface area contributed by atoms with Crippen LogP contribution < -0.4 is 14.8 Å². The van der Waals surface area contributed by atoms with Crippen LogP contribution in [0.4, 0.5) is 10.3 Å². The van der Waals surface area contributed by atoms with Crippen LogP contribution in [0.25, 0.3) is 5.70 Å². The van der Waals surface area contributed by atoms with E-state index in [0.29, 0.717) is 17.3 Å². The van der Waals surface area contributed by atoms with Gasteiger partial charge >= 0.3 is 0 Å². The Labute approximate surface area is 197 Å². The molecule has 4 aromatic rings. The van der Waals surface area contributed by atoms with E-state index in [0.717, 1.165) is 32.6 Å². The number of aromatic nitrogens is 3. The van der Waals surface area contributed by atoms with Gasteiger partial charge in [0.1, 0.15) is 35.8 Å². The van der Waals surface area contributed by atoms with Crippen LogP contribution in [0.1, 0.15) is 28.8 Å². The zero-order chi connectivity index (χ0) is 22.5. The SMILES string of the molecule is COc1ccc([C@H]2Oc3ccc(F)cc3C3=C2[C@@H](c2ccc(Br)cc2)n2ncnc2N3)cc1. The minimum absolute atomic E-state index is 0.296. The highest BCUT2D eigenvalue weighted by Gasteiger charge is 2.41. The molecule has 0 bridgehead atoms. The number of methoxy groups -OCH3 is 1. The molecule has 8 heteroatoms. The zero-order valence-electron chi connectivity index (χ0n) is 17.5. The normalized spacial score (nSPS) is 18.5. The molecule has 0 radical (unpaired) electrons. The van der Waals surface area contributed by atoms with Gasteiger partial charge in [0.15, 0.2) is 0 Å². The van der Waals surface area contributed by atoms with Crippen molar-refractivity contribution >= 4 is 27.6 Å². The summed E-state index contributed by atoms with van der Waals surface area (Å²) in [6.45, 7) is 0. The zero-order valence-corrected chi connectivity index (χ0v) is 19.1. The first kappa shape index (κ1) is 20.0. The highest BCUT2D eigenvalue weighted by atomic mass is 79.9. The maximum absolute atomic E-state index is 14.3. The molecule has 2 aliphatic rings. The van der Waals surface area contributed by atoms with Crippen LogP contribution in [0.2, 0.25) is 0 Å². The van der Waals surface area contributed by atoms with E-state index in [1.54, 1.807) is 13.2 Å². The molecule has 3 aromatic carbocycles. The van der Waals surface area contributed by atoms with Crippen LogP contribution in [0.5, 0.6) is 11.5 Å². The van der Waals surface area contributed by atoms with E-state index in [1.807, 2.05) is 53.2 Å². The number of anilines is 1. The summed E-state index contributed by atoms with van der Waals surface area (Å²) in [5.41, 5.74) is 4.33. The van der Waals surface area contributed by atoms with Gasteiger partial charge in [-0.05, 0) is 53.6 Å². The second-order valence-electron chi connectivity index (χ2n) is 7.85. The van der Waals surface area contributed by atoms with Crippen molar-refractivity contribution in [1.29, 1.82) is 0 Å². The summed E-state index contributed by atoms with van der Waals surface area (Å²) in [6.07, 6.45) is 1.09. The average molecular weight is 505 g/mol. The Hall–Kier alpha value is -3.65. The summed E-state index contributed by atoms with van der Waals surface area (Å²) in [5, 5.41) is 7.89. The van der Waals surface area contributed by atoms with Gasteiger partial charge in [-0.15, -0.1) is 0 Å². The summed E-state index contributed by atoms with van der Waals surface area (Å²) >= 11 is 3.52. The Kier molecular flexibility index (Phi) is 4.69. The molecule has 164 valence electrons. The molecule has 1 aromatic heterocycles. The van der Waals surface area contributed by atoms with Crippen molar-refractivity contribution in [3.63, 3.8) is 0 Å². The van der Waals surface area contributed by atoms with Crippen LogP contribution in [-0.4, -0.2) is 21.9 Å². The standard InChI is InChI=1S/C25H18BrFN4O2/c1-32-18-9-4-15(5-10-18)24-21-22(19-12-17(27)8-11-20(19)33-24)30-25-28-13-29-31(25)23(21)14-2-6-16(26)7-3-14/h2-13,23-24H,1H3,(H,28,29,30)/t23-,24-/m1/s1. The molecule has 6 rings (SSSR count). The van der Waals surface area contributed by atoms with Gasteiger partial charge in [0, 0.05) is 15.6 Å². The minimum atomic E-state index is -0.428. The predicted octanol–water partition coefficient (Wildman–Crippen LogP) is 5.75. The van der Waals surface area contributed by atoms with Gasteiger partial charge in [-0.2, -0.15) is 10.1 Å². The predicted molar refractivity (Wildman–Crippen MR) is 126 cm³/mol. The molecule has 2 aliphatic heterocycles. The third-order valence-electron chi connectivity index (χ3n) is 5.98. The Balaban J connectivity index is 1.61. The molecular weight excluding hydrogens is 487 g/mol. The van der Waals surface area contributed by atoms with Crippen LogP contribution in [-0.2, 0) is 0 Å². The van der Waals surface area contributed by atoms with Crippen molar-refractivity contribution < 1.29 is 13.9 Å². The Morgan fingerprint density at radius 1 is 1.03 bits per heavy atom. The van der Waals surface area contributed by atoms with Crippen molar-refractivity contribution in [2.75, 3.05) is 12.4 Å². The van der Waals surface area contributed by atoms with Crippen LogP contribution in [0, 0.1) is 5.82 Å². The molecular formula is C25H18BrFN4O2. The fourth-order valence-corrected chi connectivity index (χ4v) is 4.73. The first-order chi connectivity index (χ1) is 16.1. The summed E-state index contributed by atoms with van der Waals surface area (Å²) in [5.74, 6) is 1.62. The topological polar surface area (TPSA) is 61.2 Å². The van der Waals surface area contributed by atoms with Crippen molar-refractivity contribution in [2.24, 2.45) is 0 Å². The van der Waals surface area contributed by atoms with Gasteiger partial charge in [-0.3, -0.25) is 0 Å². The molecule has 1 N–H and O–H groups in total. The number of ether oxygens (including phenoxy) is 2. The summed E-state index contributed by atoms with van der Waals surface area (Å²) in [6, 6.07) is 20.1. The van der Waals surface area contributed by atoms with Gasteiger partial charge in [0.05, 0.1) is 12.8 Å². The van der Waals surface area contributed by atoms with E-state index in [2.05, 4.69) is 31.3 Å². The number of halogens is 2. The lowest BCUT2D eigenvalue weighted by molar-refractivity contribution is 0.222. The molecule has 0 fully saturated rings. The van der Waals surface area contributed by atoms with Crippen LogP contribution in [0.15, 0.2) is 83.1 Å². The van der Waals surface area contributed by atoms with E-state index in [1.165, 1.54) is 18.5 Å². The Bertz CT molecular complexity index is 1380. The first-order valence-electron chi connectivity index (χ1n) is 10.4. The van der Waals surface area contributed by atoms with Crippen molar-refractivity contribution in [3.8, 4) is 11.5 Å². The lowest BCUT2D eigenvalue weighted by atomic mass is 9.84. The van der Waals surface area contributed by atoms with Crippen molar-refractivity contribution in [1.82, 2.24) is 14.8 Å². The maximum Gasteiger partial charge on any atom is 0.226 e. The number of fused-ring (bicyclic) bond motifs is 3. The molecule has 33 heavy (non-hydrogen) atoms. The van der Waals surface area contributed by atoms with Crippen LogP contribution in [0.3, 0.4) is 0 Å². The quantitative estimate of drug-likeness (QED) is 0.385. The largest absolute Gasteiger partial charge is 0.497 e. The van der Waals surface area contributed by atoms with Crippen molar-refractivity contribution in [3.05, 3.63) is 106 Å². The Morgan fingerprint density at radius 2 is 1.79 bits per heavy atom. The third-order valence-corrected chi connectivity index (χ3v) is 6.51. The van der Waals surface area contributed by atoms with Gasteiger partial charge in [0.2, 0.25) is 5.95 Å². The maximum atomic E-state index is 14.3. The van der Waals surface area contributed by atoms with E-state index in [4.69, 9.17) is 9.47 Å². The van der Waals surface area contributed by atoms with E-state index < -0.39 is 6.10 Å². The molecule has 6 nitrogen and oxygen atoms in total. The minimum Gasteiger partial charge on any atom is -0.497 e. The molecule has 0 saturated carbocycles. The molecule has 0 spiro atoms. The van der Waals surface area contributed by atoms with Gasteiger partial charge in [0.25, 0.3) is 0 Å². The number of rotatable bonds is 3. The van der Waals surface area contributed by atoms with Gasteiger partial charge in [-0.25, -0.2) is 9.07 Å². The summed E-state index contributed by atoms with van der Waals surface area (Å²) in [4.78, 5) is 4.40. The fourth-order valence-electron chi connectivity index (χ4n) is 4.46. The summed E-state index contributed by atoms with van der Waals surface area (Å²) in [7, 11) is 1.64. The molecule has 0 unspecified atom stereocenters. The molecule has 0 saturated heterocycles. The molecule has 3 heterocycles. The molecule has 0 amide bonds. The highest BCUT2D eigenvalue weighted by Crippen LogP contribution is 2.50. The molecule has 2 atom stereocenters. The fraction of sp³-hybridized carbons (Fsp3) is 0.120. The average Bonchev–Trinajstić information content (AvgIpc) is 3.31. The number of nitrogens with one attached hydrogen (secondary N) is 1. The van der Waals surface area contributed by atoms with Gasteiger partial charge < -0.3 is 14.8 Å². The second-order valence-corrected chi connectivity index (χ2v) is 8.76. The number of hydrogen-bond acceptors (Lipinski definition) is 5. The van der Waals surface area contributed by atoms with E-state index >= 15 is 0 Å². The lowest BCUT2D eigenvalue weighted by Crippen LogP contribution is -2.32. The monoisotopic (exact) mass is 504 g/mol. The first-order valence-corrected chi connectivity index (χ1v) is 11.2. The smallest absolute Gasteiger partial charge is 0.226 e. The van der Waals surface area contributed by atoms with E-state index in [9.17, 15) is 4.39 Å². The Morgan fingerprint density at radius 3 is 2.55 bits per heavy atom. The number of hydrogen-bond donors (Lipinski definition) is 1. The van der Waals surface area contributed by atoms with Gasteiger partial charge in [-0.1, -0.05) is 40.2 Å². The van der Waals surface area contributed by atoms with Crippen molar-refractivity contribution in [2.45, 2.75) is 12.1 Å². The molecule has 0 aliphatic carbocycles. The lowest BCUT2D eigenvalue weighted by Gasteiger charge is -2.39. The van der Waals surface area contributed by atoms with E-state index in [-0.39, 0.29) is 11.9 Å². The third kappa shape index (κ3) is 3.29.